The number of aromatic nitrogens is 2. The van der Waals surface area contributed by atoms with Crippen molar-refractivity contribution in [2.24, 2.45) is 5.92 Å². The molecule has 2 aromatic carbocycles. The van der Waals surface area contributed by atoms with E-state index in [0.717, 1.165) is 59.5 Å². The second-order valence-corrected chi connectivity index (χ2v) is 9.84. The van der Waals surface area contributed by atoms with Crippen molar-refractivity contribution >= 4 is 34.1 Å². The molecule has 1 saturated heterocycles. The van der Waals surface area contributed by atoms with E-state index in [9.17, 15) is 0 Å². The average Bonchev–Trinajstić information content (AvgIpc) is 2.93. The molecule has 8 heteroatoms. The Bertz CT molecular complexity index is 1360. The van der Waals surface area contributed by atoms with Crippen LogP contribution in [0.2, 0.25) is 10.0 Å². The van der Waals surface area contributed by atoms with E-state index in [1.807, 2.05) is 61.5 Å². The monoisotopic (exact) mass is 538 g/mol. The summed E-state index contributed by atoms with van der Waals surface area (Å²) in [6, 6.07) is 19.6. The molecule has 1 aliphatic heterocycles. The van der Waals surface area contributed by atoms with Crippen molar-refractivity contribution in [1.82, 2.24) is 9.97 Å². The van der Waals surface area contributed by atoms with Crippen LogP contribution in [0, 0.1) is 12.8 Å². The number of hydrogen-bond acceptors (Lipinski definition) is 6. The van der Waals surface area contributed by atoms with Crippen LogP contribution in [0.3, 0.4) is 0 Å². The van der Waals surface area contributed by atoms with Gasteiger partial charge in [0.05, 0.1) is 17.8 Å². The zero-order chi connectivity index (χ0) is 25.6. The molecule has 1 aliphatic rings. The number of fused-ring (bicyclic) bond motifs is 1. The standard InChI is InChI=1S/C29H28Cl2N2O4/c1-19-26(32-25-10-6-5-9-22(25)27(19)35-16-20-7-3-2-4-8-20)18-37-29-24(31)15-23(30)28(33-29)36-17-21-11-13-34-14-12-21/h2-10,15,21H,11-14,16-18H2,1H3. The van der Waals surface area contributed by atoms with Gasteiger partial charge in [-0.1, -0.05) is 65.7 Å². The Kier molecular flexibility index (Phi) is 8.29. The van der Waals surface area contributed by atoms with Crippen LogP contribution in [-0.4, -0.2) is 29.8 Å². The van der Waals surface area contributed by atoms with Crippen LogP contribution in [-0.2, 0) is 18.0 Å². The first kappa shape index (κ1) is 25.6. The van der Waals surface area contributed by atoms with Crippen LogP contribution in [0.15, 0.2) is 60.7 Å². The summed E-state index contributed by atoms with van der Waals surface area (Å²) < 4.78 is 23.7. The highest BCUT2D eigenvalue weighted by atomic mass is 35.5. The summed E-state index contributed by atoms with van der Waals surface area (Å²) in [4.78, 5) is 9.29. The minimum absolute atomic E-state index is 0.159. The first-order valence-corrected chi connectivity index (χ1v) is 13.1. The molecule has 2 aromatic heterocycles. The van der Waals surface area contributed by atoms with Gasteiger partial charge in [-0.25, -0.2) is 4.98 Å². The average molecular weight is 539 g/mol. The van der Waals surface area contributed by atoms with E-state index < -0.39 is 0 Å². The predicted octanol–water partition coefficient (Wildman–Crippen LogP) is 7.21. The maximum absolute atomic E-state index is 6.41. The minimum atomic E-state index is 0.159. The number of pyridine rings is 2. The SMILES string of the molecule is Cc1c(COc2nc(OCC3CCOCC3)c(Cl)cc2Cl)nc2ccccc2c1OCc1ccccc1. The Morgan fingerprint density at radius 3 is 2.32 bits per heavy atom. The lowest BCUT2D eigenvalue weighted by Gasteiger charge is -2.22. The maximum Gasteiger partial charge on any atom is 0.236 e. The van der Waals surface area contributed by atoms with Gasteiger partial charge in [-0.2, -0.15) is 4.98 Å². The van der Waals surface area contributed by atoms with Crippen molar-refractivity contribution in [3.63, 3.8) is 0 Å². The Morgan fingerprint density at radius 1 is 0.838 bits per heavy atom. The predicted molar refractivity (Wildman–Crippen MR) is 145 cm³/mol. The summed E-state index contributed by atoms with van der Waals surface area (Å²) in [5.74, 6) is 1.74. The molecule has 0 N–H and O–H groups in total. The van der Waals surface area contributed by atoms with E-state index in [1.165, 1.54) is 0 Å². The van der Waals surface area contributed by atoms with Crippen molar-refractivity contribution in [2.45, 2.75) is 33.0 Å². The van der Waals surface area contributed by atoms with Crippen molar-refractivity contribution in [1.29, 1.82) is 0 Å². The third-order valence-electron chi connectivity index (χ3n) is 6.41. The largest absolute Gasteiger partial charge is 0.488 e. The molecule has 192 valence electrons. The number of hydrogen-bond donors (Lipinski definition) is 0. The lowest BCUT2D eigenvalue weighted by atomic mass is 10.0. The van der Waals surface area contributed by atoms with Crippen LogP contribution >= 0.6 is 23.2 Å². The zero-order valence-corrected chi connectivity index (χ0v) is 22.1. The van der Waals surface area contributed by atoms with Crippen LogP contribution in [0.5, 0.6) is 17.5 Å². The lowest BCUT2D eigenvalue weighted by molar-refractivity contribution is 0.0489. The summed E-state index contributed by atoms with van der Waals surface area (Å²) in [6.45, 7) is 4.61. The van der Waals surface area contributed by atoms with Gasteiger partial charge in [-0.05, 0) is 49.4 Å². The van der Waals surface area contributed by atoms with E-state index in [-0.39, 0.29) is 12.5 Å². The highest BCUT2D eigenvalue weighted by molar-refractivity contribution is 6.36. The highest BCUT2D eigenvalue weighted by Gasteiger charge is 2.19. The molecule has 1 fully saturated rings. The molecule has 0 spiro atoms. The summed E-state index contributed by atoms with van der Waals surface area (Å²) >= 11 is 12.8. The van der Waals surface area contributed by atoms with E-state index in [4.69, 9.17) is 47.1 Å². The Balaban J connectivity index is 1.35. The Morgan fingerprint density at radius 2 is 1.54 bits per heavy atom. The van der Waals surface area contributed by atoms with Gasteiger partial charge in [0, 0.05) is 24.2 Å². The smallest absolute Gasteiger partial charge is 0.236 e. The fourth-order valence-corrected chi connectivity index (χ4v) is 4.73. The van der Waals surface area contributed by atoms with Crippen molar-refractivity contribution in [3.05, 3.63) is 87.5 Å². The molecule has 0 radical (unpaired) electrons. The molecule has 5 rings (SSSR count). The molecule has 4 aromatic rings. The number of benzene rings is 2. The van der Waals surface area contributed by atoms with Gasteiger partial charge in [0.1, 0.15) is 29.0 Å². The molecule has 0 atom stereocenters. The highest BCUT2D eigenvalue weighted by Crippen LogP contribution is 2.35. The number of ether oxygens (including phenoxy) is 4. The molecular weight excluding hydrogens is 511 g/mol. The molecular formula is C29H28Cl2N2O4. The number of rotatable bonds is 9. The van der Waals surface area contributed by atoms with E-state index in [1.54, 1.807) is 6.07 Å². The quantitative estimate of drug-likeness (QED) is 0.224. The number of para-hydroxylation sites is 1. The van der Waals surface area contributed by atoms with Crippen LogP contribution in [0.25, 0.3) is 10.9 Å². The van der Waals surface area contributed by atoms with Crippen LogP contribution in [0.4, 0.5) is 0 Å². The molecule has 0 amide bonds. The first-order valence-electron chi connectivity index (χ1n) is 12.3. The van der Waals surface area contributed by atoms with Gasteiger partial charge >= 0.3 is 0 Å². The summed E-state index contributed by atoms with van der Waals surface area (Å²) in [5, 5.41) is 1.61. The normalized spacial score (nSPS) is 14.0. The molecule has 3 heterocycles. The molecule has 0 saturated carbocycles. The van der Waals surface area contributed by atoms with Crippen molar-refractivity contribution in [2.75, 3.05) is 19.8 Å². The molecule has 6 nitrogen and oxygen atoms in total. The Hall–Kier alpha value is -3.06. The fraction of sp³-hybridized carbons (Fsp3) is 0.310. The van der Waals surface area contributed by atoms with E-state index in [2.05, 4.69) is 4.98 Å². The van der Waals surface area contributed by atoms with Crippen LogP contribution < -0.4 is 14.2 Å². The number of halogens is 2. The second-order valence-electron chi connectivity index (χ2n) is 9.02. The molecule has 0 unspecified atom stereocenters. The first-order chi connectivity index (χ1) is 18.1. The van der Waals surface area contributed by atoms with E-state index >= 15 is 0 Å². The van der Waals surface area contributed by atoms with Gasteiger partial charge in [0.2, 0.25) is 11.8 Å². The Labute approximate surface area is 226 Å². The third kappa shape index (κ3) is 6.27. The van der Waals surface area contributed by atoms with Gasteiger partial charge in [0.15, 0.2) is 0 Å². The van der Waals surface area contributed by atoms with Crippen molar-refractivity contribution in [3.8, 4) is 17.5 Å². The second kappa shape index (κ2) is 12.0. The summed E-state index contributed by atoms with van der Waals surface area (Å²) in [5.41, 5.74) is 3.55. The summed E-state index contributed by atoms with van der Waals surface area (Å²) in [7, 11) is 0. The topological polar surface area (TPSA) is 62.7 Å². The van der Waals surface area contributed by atoms with Gasteiger partial charge in [0.25, 0.3) is 0 Å². The maximum atomic E-state index is 6.41. The molecule has 0 bridgehead atoms. The fourth-order valence-electron chi connectivity index (χ4n) is 4.26. The minimum Gasteiger partial charge on any atom is -0.488 e. The molecule has 37 heavy (non-hydrogen) atoms. The van der Waals surface area contributed by atoms with E-state index in [0.29, 0.717) is 35.1 Å². The van der Waals surface area contributed by atoms with Crippen molar-refractivity contribution < 1.29 is 18.9 Å². The zero-order valence-electron chi connectivity index (χ0n) is 20.6. The third-order valence-corrected chi connectivity index (χ3v) is 6.95. The summed E-state index contributed by atoms with van der Waals surface area (Å²) in [6.07, 6.45) is 1.91. The lowest BCUT2D eigenvalue weighted by Crippen LogP contribution is -2.21. The van der Waals surface area contributed by atoms with Gasteiger partial charge in [-0.15, -0.1) is 0 Å². The molecule has 0 aliphatic carbocycles. The van der Waals surface area contributed by atoms with Crippen LogP contribution in [0.1, 0.15) is 29.7 Å². The van der Waals surface area contributed by atoms with Gasteiger partial charge < -0.3 is 18.9 Å². The van der Waals surface area contributed by atoms with Gasteiger partial charge in [-0.3, -0.25) is 0 Å². The number of nitrogens with zero attached hydrogens (tertiary/aromatic N) is 2.